The van der Waals surface area contributed by atoms with Crippen LogP contribution in [0.3, 0.4) is 0 Å². The smallest absolute Gasteiger partial charge is 0.338 e. The number of morpholine rings is 1. The number of carbonyl (C=O) groups excluding carboxylic acids is 4. The maximum Gasteiger partial charge on any atom is 0.338 e. The Hall–Kier alpha value is -12.3. The number of carboxylic acid groups (broad SMARTS) is 4. The number of alkyl halides is 6. The van der Waals surface area contributed by atoms with Crippen molar-refractivity contribution in [1.29, 1.82) is 0 Å². The number of hydrogen-bond donors (Lipinski definition) is 8. The maximum absolute atomic E-state index is 14.5. The number of carbonyl (C=O) groups is 8. The molecule has 8 N–H and O–H groups in total. The molecule has 4 fully saturated rings. The van der Waals surface area contributed by atoms with Crippen LogP contribution in [0.4, 0.5) is 52.7 Å². The first kappa shape index (κ1) is 101. The van der Waals surface area contributed by atoms with Crippen LogP contribution in [0.5, 0.6) is 0 Å². The molecule has 1 unspecified atom stereocenters. The molecule has 0 amide bonds. The SMILES string of the molecule is COC(=O)C1=C(CN2CC(F)(F)C[C@H]2C(=O)O)NC(c2nc(C)cn2C)=NC1c1ccc(F)cc1Cl.COC(=O)C1=C(CN2CC(F)(F)C[C@H]2C(=O)O)NC(c2nccs2)=N[C@H]1c1cc(F)c(F)cc1Cl.COC(=O)C1=C(CN2CCOC[C@H]2C(=O)O)NC(c2nccs2)=N[C@H]1c1cc(F)c(F)cc1Cl.[2H]C1([2H])[C@@H](C(=O)O)N(CC2=C(C(=O)OC)[C@H](c3ccc(F)cc3Cl)N=C(c3nccs3)N2)CC1(F)F. The van der Waals surface area contributed by atoms with Crippen molar-refractivity contribution in [3.63, 3.8) is 0 Å². The van der Waals surface area contributed by atoms with Crippen LogP contribution in [0, 0.1) is 41.8 Å². The molecule has 0 bridgehead atoms. The molecule has 16 rings (SSSR count). The quantitative estimate of drug-likeness (QED) is 0.0121. The molecule has 8 atom stereocenters. The summed E-state index contributed by atoms with van der Waals surface area (Å²) in [5, 5.41) is 55.7. The second-order valence-electron chi connectivity index (χ2n) is 31.3. The molecule has 53 heteroatoms. The zero-order chi connectivity index (χ0) is 103. The number of esters is 4. The molecular weight excluding hydrogens is 2010 g/mol. The first-order valence-corrected chi connectivity index (χ1v) is 44.8. The number of imidazole rings is 1. The molecule has 4 aromatic carbocycles. The number of hydrogen-bond acceptors (Lipinski definition) is 32. The minimum absolute atomic E-state index is 0.00699. The first-order chi connectivity index (χ1) is 66.6. The summed E-state index contributed by atoms with van der Waals surface area (Å²) < 4.78 is 211. The number of methoxy groups -OCH3 is 4. The average molecular weight is 2090 g/mol. The lowest BCUT2D eigenvalue weighted by molar-refractivity contribution is -0.149. The van der Waals surface area contributed by atoms with Gasteiger partial charge in [-0.1, -0.05) is 58.5 Å². The van der Waals surface area contributed by atoms with E-state index in [-0.39, 0.29) is 137 Å². The van der Waals surface area contributed by atoms with Crippen LogP contribution in [-0.2, 0) is 69.1 Å². The topological polar surface area (TPSA) is 431 Å². The molecule has 34 nitrogen and oxygen atoms in total. The Morgan fingerprint density at radius 3 is 1.12 bits per heavy atom. The minimum atomic E-state index is -3.98. The van der Waals surface area contributed by atoms with Gasteiger partial charge < -0.3 is 69.9 Å². The van der Waals surface area contributed by atoms with Gasteiger partial charge >= 0.3 is 47.8 Å². The number of halogens is 16. The number of benzene rings is 4. The van der Waals surface area contributed by atoms with Crippen molar-refractivity contribution in [1.82, 2.24) is 65.4 Å². The minimum Gasteiger partial charge on any atom is -0.480 e. The zero-order valence-corrected chi connectivity index (χ0v) is 78.1. The predicted octanol–water partition coefficient (Wildman–Crippen LogP) is 11.8. The summed E-state index contributed by atoms with van der Waals surface area (Å²) in [6.07, 6.45) is 1.10. The lowest BCUT2D eigenvalue weighted by atomic mass is 9.94. The van der Waals surface area contributed by atoms with E-state index >= 15 is 0 Å². The average Bonchev–Trinajstić information content (AvgIpc) is 1.61. The number of carboxylic acids is 4. The Balaban J connectivity index is 0.000000158. The van der Waals surface area contributed by atoms with Crippen LogP contribution in [0.15, 0.2) is 167 Å². The second kappa shape index (κ2) is 43.6. The molecule has 139 heavy (non-hydrogen) atoms. The Morgan fingerprint density at radius 1 is 0.460 bits per heavy atom. The largest absolute Gasteiger partial charge is 0.480 e. The van der Waals surface area contributed by atoms with Crippen LogP contribution in [-0.4, -0.2) is 272 Å². The van der Waals surface area contributed by atoms with E-state index in [0.717, 1.165) is 95.9 Å². The third kappa shape index (κ3) is 23.9. The summed E-state index contributed by atoms with van der Waals surface area (Å²) in [7, 11) is 6.19. The normalized spacial score (nSPS) is 22.4. The number of likely N-dealkylation sites (tertiary alicyclic amines) is 3. The van der Waals surface area contributed by atoms with Crippen molar-refractivity contribution < 1.29 is 138 Å². The fourth-order valence-corrected chi connectivity index (χ4v) is 18.7. The molecule has 8 aliphatic rings. The van der Waals surface area contributed by atoms with Crippen molar-refractivity contribution in [3.8, 4) is 0 Å². The highest BCUT2D eigenvalue weighted by molar-refractivity contribution is 7.12. The molecule has 0 radical (unpaired) electrons. The standard InChI is InChI=1S/C23H23ClF3N5O4.C21H17ClF4N4O4S.C21H18ClF3N4O4S.C21H19ClF2N4O5S/c1-11-8-31(2)20(28-11)19-29-15(9-32-10-23(26,27)7-16(32)21(33)34)17(22(35)36-3)18(30-19)13-5-4-12(25)6-14(13)24;1-34-20(33)15-13(7-30-8-21(25,26)6-14(30)19(31)32)28-17(18-27-2-3-35-18)29-16(15)9-4-11(23)12(24)5-10(9)22;1-33-20(32)15-13(8-29-9-21(24,25)7-14(29)19(30)31)27-17(18-26-4-5-34-18)28-16(15)11-3-2-10(23)6-12(11)22;1-32-21(31)16-14(8-28-3-4-33-9-15(28)20(29)30)26-18(19-25-2-5-34-19)27-17(16)10-6-12(23)13(24)7-11(10)22/h4-6,8,16,18H,7,9-10H2,1-3H3,(H,29,30)(H,33,34);2-5,14,16H,6-8H2,1H3,(H,28,29)(H,31,32);2-6,14,16H,7-9H2,1H3,(H,27,28)(H,30,31);2,5-7,15,17H,3-4,8-9H2,1H3,(H,26,27)(H,29,30)/t16-,18?;2*14-,16-;15-,17-/m0000/s1/i;;7D2;. The summed E-state index contributed by atoms with van der Waals surface area (Å²) in [5.41, 5.74) is 0.921. The molecule has 4 saturated heterocycles. The van der Waals surface area contributed by atoms with Gasteiger partial charge in [0.05, 0.1) is 89.3 Å². The number of aryl methyl sites for hydroxylation is 2. The van der Waals surface area contributed by atoms with Gasteiger partial charge in [-0.05, 0) is 55.5 Å². The number of rotatable bonds is 24. The number of aromatic nitrogens is 5. The van der Waals surface area contributed by atoms with E-state index < -0.39 is 201 Å². The van der Waals surface area contributed by atoms with Crippen LogP contribution < -0.4 is 21.3 Å². The Morgan fingerprint density at radius 2 is 0.784 bits per heavy atom. The summed E-state index contributed by atoms with van der Waals surface area (Å²) in [6, 6.07) is -0.744. The number of aliphatic imine (C=N–C) groups is 4. The molecule has 8 aliphatic heterocycles. The molecule has 0 aliphatic carbocycles. The number of ether oxygens (including phenoxy) is 5. The molecular formula is C86H77Cl4F12N17O17S3. The first-order valence-electron chi connectivity index (χ1n) is 41.7. The van der Waals surface area contributed by atoms with Gasteiger partial charge in [0.15, 0.2) is 67.5 Å². The molecule has 0 spiro atoms. The van der Waals surface area contributed by atoms with Crippen molar-refractivity contribution >= 4 is 152 Å². The lowest BCUT2D eigenvalue weighted by Gasteiger charge is -2.35. The lowest BCUT2D eigenvalue weighted by Crippen LogP contribution is -2.52. The summed E-state index contributed by atoms with van der Waals surface area (Å²) in [4.78, 5) is 138. The van der Waals surface area contributed by atoms with E-state index in [2.05, 4.69) is 61.2 Å². The van der Waals surface area contributed by atoms with Crippen LogP contribution in [0.1, 0.15) is 94.9 Å². The second-order valence-corrected chi connectivity index (χ2v) is 35.6. The van der Waals surface area contributed by atoms with Gasteiger partial charge in [-0.3, -0.25) is 58.7 Å². The highest BCUT2D eigenvalue weighted by Crippen LogP contribution is 2.46. The number of aliphatic carboxylic acids is 4. The van der Waals surface area contributed by atoms with Gasteiger partial charge in [0.2, 0.25) is 0 Å². The van der Waals surface area contributed by atoms with Crippen molar-refractivity contribution in [2.45, 2.75) is 92.2 Å². The number of thiazole rings is 3. The summed E-state index contributed by atoms with van der Waals surface area (Å²) in [5.74, 6) is -24.6. The summed E-state index contributed by atoms with van der Waals surface area (Å²) >= 11 is 28.6. The third-order valence-electron chi connectivity index (χ3n) is 22.0. The number of amidine groups is 4. The molecule has 738 valence electrons. The maximum atomic E-state index is 14.5. The molecule has 4 aromatic heterocycles. The summed E-state index contributed by atoms with van der Waals surface area (Å²) in [6.45, 7) is -1.97. The van der Waals surface area contributed by atoms with Crippen molar-refractivity contribution in [3.05, 3.63) is 250 Å². The van der Waals surface area contributed by atoms with Crippen LogP contribution in [0.2, 0.25) is 20.1 Å². The fourth-order valence-electron chi connectivity index (χ4n) is 15.9. The van der Waals surface area contributed by atoms with E-state index in [1.54, 1.807) is 52.0 Å². The zero-order valence-electron chi connectivity index (χ0n) is 74.6. The number of nitrogens with one attached hydrogen (secondary N) is 4. The van der Waals surface area contributed by atoms with E-state index in [4.69, 9.17) is 72.8 Å². The van der Waals surface area contributed by atoms with Crippen LogP contribution >= 0.6 is 80.4 Å². The monoisotopic (exact) mass is 2090 g/mol. The number of nitrogens with zero attached hydrogens (tertiary/aromatic N) is 13. The van der Waals surface area contributed by atoms with Gasteiger partial charge in [-0.25, -0.2) is 91.8 Å². The van der Waals surface area contributed by atoms with E-state index in [0.29, 0.717) is 33.1 Å². The van der Waals surface area contributed by atoms with Gasteiger partial charge in [0.25, 0.3) is 17.8 Å². The van der Waals surface area contributed by atoms with E-state index in [1.165, 1.54) is 54.3 Å². The Labute approximate surface area is 813 Å². The molecule has 0 saturated carbocycles. The van der Waals surface area contributed by atoms with Gasteiger partial charge in [-0.15, -0.1) is 34.0 Å². The Bertz CT molecular complexity index is 6510. The van der Waals surface area contributed by atoms with Gasteiger partial charge in [0, 0.05) is 168 Å². The van der Waals surface area contributed by atoms with Crippen molar-refractivity contribution in [2.24, 2.45) is 27.0 Å². The van der Waals surface area contributed by atoms with E-state index in [9.17, 15) is 111 Å². The van der Waals surface area contributed by atoms with Crippen molar-refractivity contribution in [2.75, 3.05) is 94.0 Å². The predicted molar refractivity (Wildman–Crippen MR) is 477 cm³/mol. The Kier molecular flexibility index (Phi) is 31.7. The van der Waals surface area contributed by atoms with Crippen LogP contribution in [0.25, 0.3) is 0 Å². The third-order valence-corrected chi connectivity index (χ3v) is 25.7. The molecule has 12 heterocycles. The van der Waals surface area contributed by atoms with Gasteiger partial charge in [0.1, 0.15) is 60.0 Å². The highest BCUT2D eigenvalue weighted by atomic mass is 35.5. The highest BCUT2D eigenvalue weighted by Gasteiger charge is 2.53. The van der Waals surface area contributed by atoms with E-state index in [1.807, 2.05) is 0 Å². The fraction of sp³-hybridized carbons (Fsp3) is 0.349. The van der Waals surface area contributed by atoms with Gasteiger partial charge in [-0.2, -0.15) is 0 Å². The molecule has 8 aromatic rings.